The highest BCUT2D eigenvalue weighted by atomic mass is 127. The van der Waals surface area contributed by atoms with Crippen LogP contribution in [0.2, 0.25) is 0 Å². The standard InChI is InChI=1S/C21H34N4O.HI/c1-3-22-21(23-14-17-24(4-2)18-10-11-18)25-15-12-20(13-16-25)26-19-8-6-5-7-9-19;/h5-9,18,20H,3-4,10-17H2,1-2H3,(H,22,23);1H. The van der Waals surface area contributed by atoms with E-state index in [1.165, 1.54) is 12.8 Å². The van der Waals surface area contributed by atoms with E-state index in [1.807, 2.05) is 30.3 Å². The molecule has 2 aliphatic rings. The van der Waals surface area contributed by atoms with Crippen LogP contribution in [0.3, 0.4) is 0 Å². The molecular weight excluding hydrogens is 451 g/mol. The normalized spacial score (nSPS) is 18.3. The summed E-state index contributed by atoms with van der Waals surface area (Å²) < 4.78 is 6.11. The van der Waals surface area contributed by atoms with Crippen LogP contribution in [0.15, 0.2) is 35.3 Å². The zero-order chi connectivity index (χ0) is 18.2. The van der Waals surface area contributed by atoms with Gasteiger partial charge in [0.05, 0.1) is 6.54 Å². The van der Waals surface area contributed by atoms with E-state index in [1.54, 1.807) is 0 Å². The first-order valence-electron chi connectivity index (χ1n) is 10.3. The number of nitrogens with zero attached hydrogens (tertiary/aromatic N) is 3. The number of halogens is 1. The number of rotatable bonds is 8. The smallest absolute Gasteiger partial charge is 0.193 e. The maximum atomic E-state index is 6.11. The van der Waals surface area contributed by atoms with E-state index in [-0.39, 0.29) is 24.0 Å². The molecule has 0 aromatic heterocycles. The Labute approximate surface area is 181 Å². The molecule has 0 bridgehead atoms. The van der Waals surface area contributed by atoms with E-state index in [0.717, 1.165) is 69.9 Å². The number of guanidine groups is 1. The Morgan fingerprint density at radius 1 is 1.15 bits per heavy atom. The molecule has 0 radical (unpaired) electrons. The lowest BCUT2D eigenvalue weighted by Gasteiger charge is -2.34. The number of hydrogen-bond acceptors (Lipinski definition) is 3. The Balaban J connectivity index is 0.00000261. The summed E-state index contributed by atoms with van der Waals surface area (Å²) in [6, 6.07) is 11.0. The predicted molar refractivity (Wildman–Crippen MR) is 123 cm³/mol. The second kappa shape index (κ2) is 11.7. The summed E-state index contributed by atoms with van der Waals surface area (Å²) in [5.41, 5.74) is 0. The molecule has 1 aromatic carbocycles. The molecule has 0 spiro atoms. The van der Waals surface area contributed by atoms with Gasteiger partial charge in [0.1, 0.15) is 11.9 Å². The molecule has 1 N–H and O–H groups in total. The van der Waals surface area contributed by atoms with Crippen LogP contribution in [0, 0.1) is 0 Å². The van der Waals surface area contributed by atoms with Crippen LogP contribution < -0.4 is 10.1 Å². The van der Waals surface area contributed by atoms with Gasteiger partial charge in [-0.25, -0.2) is 0 Å². The molecule has 2 fully saturated rings. The zero-order valence-electron chi connectivity index (χ0n) is 16.8. The fraction of sp³-hybridized carbons (Fsp3) is 0.667. The van der Waals surface area contributed by atoms with Crippen LogP contribution >= 0.6 is 24.0 Å². The van der Waals surface area contributed by atoms with Gasteiger partial charge >= 0.3 is 0 Å². The van der Waals surface area contributed by atoms with Gasteiger partial charge in [0.25, 0.3) is 0 Å². The second-order valence-electron chi connectivity index (χ2n) is 7.21. The maximum Gasteiger partial charge on any atom is 0.193 e. The molecule has 1 aliphatic heterocycles. The summed E-state index contributed by atoms with van der Waals surface area (Å²) in [5.74, 6) is 2.05. The molecule has 1 saturated heterocycles. The predicted octanol–water partition coefficient (Wildman–Crippen LogP) is 3.60. The molecule has 0 atom stereocenters. The Morgan fingerprint density at radius 2 is 1.85 bits per heavy atom. The van der Waals surface area contributed by atoms with Gasteiger partial charge in [-0.3, -0.25) is 9.89 Å². The number of hydrogen-bond donors (Lipinski definition) is 1. The van der Waals surface area contributed by atoms with Gasteiger partial charge in [0, 0.05) is 45.1 Å². The molecule has 5 nitrogen and oxygen atoms in total. The van der Waals surface area contributed by atoms with Crippen LogP contribution in [-0.2, 0) is 0 Å². The average molecular weight is 486 g/mol. The van der Waals surface area contributed by atoms with Gasteiger partial charge in [-0.15, -0.1) is 24.0 Å². The minimum atomic E-state index is 0. The Bertz CT molecular complexity index is 557. The highest BCUT2D eigenvalue weighted by molar-refractivity contribution is 14.0. The fourth-order valence-corrected chi connectivity index (χ4v) is 3.63. The zero-order valence-corrected chi connectivity index (χ0v) is 19.1. The summed E-state index contributed by atoms with van der Waals surface area (Å²) in [6.45, 7) is 10.4. The molecule has 27 heavy (non-hydrogen) atoms. The molecular formula is C21H35IN4O. The van der Waals surface area contributed by atoms with Crippen LogP contribution in [0.1, 0.15) is 39.5 Å². The first kappa shape index (κ1) is 22.3. The van der Waals surface area contributed by atoms with E-state index in [2.05, 4.69) is 29.0 Å². The highest BCUT2D eigenvalue weighted by Crippen LogP contribution is 2.26. The molecule has 1 saturated carbocycles. The van der Waals surface area contributed by atoms with Crippen LogP contribution in [0.25, 0.3) is 0 Å². The second-order valence-corrected chi connectivity index (χ2v) is 7.21. The summed E-state index contributed by atoms with van der Waals surface area (Å²) >= 11 is 0. The molecule has 1 aromatic rings. The molecule has 3 rings (SSSR count). The van der Waals surface area contributed by atoms with Crippen molar-refractivity contribution in [2.45, 2.75) is 51.7 Å². The number of benzene rings is 1. The Hall–Kier alpha value is -1.02. The lowest BCUT2D eigenvalue weighted by atomic mass is 10.1. The van der Waals surface area contributed by atoms with Crippen molar-refractivity contribution in [3.63, 3.8) is 0 Å². The number of likely N-dealkylation sites (tertiary alicyclic amines) is 1. The minimum absolute atomic E-state index is 0. The minimum Gasteiger partial charge on any atom is -0.490 e. The van der Waals surface area contributed by atoms with Crippen LogP contribution in [-0.4, -0.2) is 67.2 Å². The van der Waals surface area contributed by atoms with Gasteiger partial charge in [-0.1, -0.05) is 25.1 Å². The third-order valence-corrected chi connectivity index (χ3v) is 5.24. The largest absolute Gasteiger partial charge is 0.490 e. The van der Waals surface area contributed by atoms with E-state index in [0.29, 0.717) is 6.10 Å². The van der Waals surface area contributed by atoms with Crippen LogP contribution in [0.4, 0.5) is 0 Å². The van der Waals surface area contributed by atoms with Crippen molar-refractivity contribution in [3.8, 4) is 5.75 Å². The van der Waals surface area contributed by atoms with E-state index in [4.69, 9.17) is 9.73 Å². The lowest BCUT2D eigenvalue weighted by Crippen LogP contribution is -2.47. The SMILES string of the molecule is CCNC(=NCCN(CC)C1CC1)N1CCC(Oc2ccccc2)CC1.I. The van der Waals surface area contributed by atoms with E-state index < -0.39 is 0 Å². The maximum absolute atomic E-state index is 6.11. The Kier molecular flexibility index (Phi) is 9.68. The van der Waals surface area contributed by atoms with Gasteiger partial charge in [0.2, 0.25) is 0 Å². The van der Waals surface area contributed by atoms with Crippen molar-refractivity contribution < 1.29 is 4.74 Å². The van der Waals surface area contributed by atoms with E-state index in [9.17, 15) is 0 Å². The highest BCUT2D eigenvalue weighted by Gasteiger charge is 2.27. The summed E-state index contributed by atoms with van der Waals surface area (Å²) in [6.07, 6.45) is 5.13. The number of nitrogens with one attached hydrogen (secondary N) is 1. The number of likely N-dealkylation sites (N-methyl/N-ethyl adjacent to an activating group) is 1. The fourth-order valence-electron chi connectivity index (χ4n) is 3.63. The molecule has 6 heteroatoms. The number of piperidine rings is 1. The molecule has 0 amide bonds. The van der Waals surface area contributed by atoms with Crippen molar-refractivity contribution in [2.24, 2.45) is 4.99 Å². The Morgan fingerprint density at radius 3 is 2.44 bits per heavy atom. The molecule has 152 valence electrons. The summed E-state index contributed by atoms with van der Waals surface area (Å²) in [4.78, 5) is 9.85. The monoisotopic (exact) mass is 486 g/mol. The molecule has 0 unspecified atom stereocenters. The average Bonchev–Trinajstić information content (AvgIpc) is 3.51. The molecule has 1 heterocycles. The summed E-state index contributed by atoms with van der Waals surface area (Å²) in [5, 5.41) is 3.47. The quantitative estimate of drug-likeness (QED) is 0.347. The van der Waals surface area contributed by atoms with Gasteiger partial charge in [0.15, 0.2) is 5.96 Å². The third kappa shape index (κ3) is 7.14. The van der Waals surface area contributed by atoms with Crippen molar-refractivity contribution >= 4 is 29.9 Å². The van der Waals surface area contributed by atoms with Gasteiger partial charge < -0.3 is 15.0 Å². The first-order valence-corrected chi connectivity index (χ1v) is 10.3. The van der Waals surface area contributed by atoms with E-state index >= 15 is 0 Å². The van der Waals surface area contributed by atoms with Gasteiger partial charge in [-0.05, 0) is 38.4 Å². The summed E-state index contributed by atoms with van der Waals surface area (Å²) in [7, 11) is 0. The van der Waals surface area contributed by atoms with Crippen molar-refractivity contribution in [1.29, 1.82) is 0 Å². The topological polar surface area (TPSA) is 40.1 Å². The number of ether oxygens (including phenoxy) is 1. The molecule has 1 aliphatic carbocycles. The van der Waals surface area contributed by atoms with Crippen molar-refractivity contribution in [3.05, 3.63) is 30.3 Å². The van der Waals surface area contributed by atoms with Crippen LogP contribution in [0.5, 0.6) is 5.75 Å². The first-order chi connectivity index (χ1) is 12.8. The van der Waals surface area contributed by atoms with Crippen molar-refractivity contribution in [2.75, 3.05) is 39.3 Å². The number of para-hydroxylation sites is 1. The van der Waals surface area contributed by atoms with Crippen molar-refractivity contribution in [1.82, 2.24) is 15.1 Å². The number of aliphatic imine (C=N–C) groups is 1. The van der Waals surface area contributed by atoms with Gasteiger partial charge in [-0.2, -0.15) is 0 Å². The third-order valence-electron chi connectivity index (χ3n) is 5.24. The lowest BCUT2D eigenvalue weighted by molar-refractivity contribution is 0.129.